The average Bonchev–Trinajstić information content (AvgIpc) is 2.94. The van der Waals surface area contributed by atoms with E-state index in [0.29, 0.717) is 29.5 Å². The van der Waals surface area contributed by atoms with Crippen molar-refractivity contribution >= 4 is 50.7 Å². The molecule has 0 aliphatic rings. The van der Waals surface area contributed by atoms with Gasteiger partial charge in [0.15, 0.2) is 0 Å². The molecular formula is C30H34Cl2FN3O5S. The van der Waals surface area contributed by atoms with Crippen LogP contribution >= 0.6 is 23.2 Å². The highest BCUT2D eigenvalue weighted by Gasteiger charge is 2.33. The van der Waals surface area contributed by atoms with Crippen molar-refractivity contribution in [1.29, 1.82) is 0 Å². The molecule has 0 aromatic heterocycles. The van der Waals surface area contributed by atoms with Crippen LogP contribution in [-0.2, 0) is 26.2 Å². The number of hydrogen-bond donors (Lipinski definition) is 1. The maximum Gasteiger partial charge on any atom is 0.264 e. The van der Waals surface area contributed by atoms with Gasteiger partial charge in [-0.2, -0.15) is 0 Å². The van der Waals surface area contributed by atoms with Crippen molar-refractivity contribution < 1.29 is 27.1 Å². The zero-order valence-corrected chi connectivity index (χ0v) is 26.1. The number of anilines is 1. The zero-order valence-electron chi connectivity index (χ0n) is 23.8. The van der Waals surface area contributed by atoms with Crippen molar-refractivity contribution in [2.24, 2.45) is 5.92 Å². The number of sulfonamides is 1. The molecule has 3 aromatic rings. The number of rotatable bonds is 13. The van der Waals surface area contributed by atoms with Gasteiger partial charge in [0.1, 0.15) is 24.2 Å². The van der Waals surface area contributed by atoms with Crippen LogP contribution in [0.25, 0.3) is 0 Å². The molecule has 0 spiro atoms. The molecule has 0 saturated carbocycles. The third-order valence-corrected chi connectivity index (χ3v) is 8.70. The lowest BCUT2D eigenvalue weighted by atomic mass is 10.1. The second-order valence-electron chi connectivity index (χ2n) is 9.96. The van der Waals surface area contributed by atoms with Gasteiger partial charge in [0.25, 0.3) is 10.0 Å². The van der Waals surface area contributed by atoms with Crippen molar-refractivity contribution in [3.05, 3.63) is 88.2 Å². The van der Waals surface area contributed by atoms with Crippen molar-refractivity contribution in [1.82, 2.24) is 10.2 Å². The Morgan fingerprint density at radius 1 is 0.976 bits per heavy atom. The van der Waals surface area contributed by atoms with Gasteiger partial charge in [-0.05, 0) is 86.0 Å². The summed E-state index contributed by atoms with van der Waals surface area (Å²) in [6, 6.07) is 14.3. The summed E-state index contributed by atoms with van der Waals surface area (Å²) in [6.45, 7) is 7.26. The summed E-state index contributed by atoms with van der Waals surface area (Å²) in [5.74, 6) is -1.01. The Hall–Kier alpha value is -3.34. The molecular weight excluding hydrogens is 604 g/mol. The Bertz CT molecular complexity index is 1490. The van der Waals surface area contributed by atoms with Crippen LogP contribution < -0.4 is 14.4 Å². The lowest BCUT2D eigenvalue weighted by Gasteiger charge is -2.32. The van der Waals surface area contributed by atoms with E-state index >= 15 is 0 Å². The van der Waals surface area contributed by atoms with E-state index in [-0.39, 0.29) is 28.1 Å². The average molecular weight is 639 g/mol. The number of carbonyl (C=O) groups is 2. The Balaban J connectivity index is 2.02. The van der Waals surface area contributed by atoms with Gasteiger partial charge in [0.2, 0.25) is 11.8 Å². The highest BCUT2D eigenvalue weighted by atomic mass is 35.5. The third kappa shape index (κ3) is 8.59. The van der Waals surface area contributed by atoms with Gasteiger partial charge in [0, 0.05) is 23.1 Å². The summed E-state index contributed by atoms with van der Waals surface area (Å²) in [4.78, 5) is 28.2. The number of carbonyl (C=O) groups excluding carboxylic acids is 2. The summed E-state index contributed by atoms with van der Waals surface area (Å²) >= 11 is 12.4. The van der Waals surface area contributed by atoms with Crippen LogP contribution in [0.3, 0.4) is 0 Å². The van der Waals surface area contributed by atoms with E-state index in [4.69, 9.17) is 27.9 Å². The standard InChI is InChI=1S/C30H34Cl2FN3O5S/c1-5-41-26-12-14-27(15-13-26)42(39,40)36(25-10-8-24(33)9-11-25)19-29(37)35(21(4)30(38)34-17-20(2)3)18-22-6-7-23(31)16-28(22)32/h6-16,20-21H,5,17-19H2,1-4H3,(H,34,38)/t21-/m1/s1. The Labute approximate surface area is 256 Å². The maximum atomic E-state index is 14.0. The van der Waals surface area contributed by atoms with E-state index in [1.807, 2.05) is 13.8 Å². The quantitative estimate of drug-likeness (QED) is 0.251. The largest absolute Gasteiger partial charge is 0.494 e. The van der Waals surface area contributed by atoms with Gasteiger partial charge in [-0.3, -0.25) is 13.9 Å². The number of hydrogen-bond acceptors (Lipinski definition) is 5. The Kier molecular flexibility index (Phi) is 11.6. The lowest BCUT2D eigenvalue weighted by Crippen LogP contribution is -2.51. The van der Waals surface area contributed by atoms with Gasteiger partial charge in [-0.1, -0.05) is 43.1 Å². The first-order chi connectivity index (χ1) is 19.8. The van der Waals surface area contributed by atoms with E-state index in [9.17, 15) is 22.4 Å². The molecule has 2 amide bonds. The molecule has 42 heavy (non-hydrogen) atoms. The van der Waals surface area contributed by atoms with Gasteiger partial charge in [-0.25, -0.2) is 12.8 Å². The molecule has 0 heterocycles. The van der Waals surface area contributed by atoms with Crippen LogP contribution in [0.5, 0.6) is 5.75 Å². The second kappa shape index (κ2) is 14.7. The fourth-order valence-corrected chi connectivity index (χ4v) is 5.89. The van der Waals surface area contributed by atoms with Crippen molar-refractivity contribution in [2.45, 2.75) is 45.2 Å². The molecule has 0 fully saturated rings. The van der Waals surface area contributed by atoms with Crippen LogP contribution in [0, 0.1) is 11.7 Å². The Morgan fingerprint density at radius 2 is 1.62 bits per heavy atom. The molecule has 3 aromatic carbocycles. The smallest absolute Gasteiger partial charge is 0.264 e. The van der Waals surface area contributed by atoms with Gasteiger partial charge >= 0.3 is 0 Å². The summed E-state index contributed by atoms with van der Waals surface area (Å²) in [6.07, 6.45) is 0. The molecule has 12 heteroatoms. The minimum atomic E-state index is -4.32. The molecule has 1 N–H and O–H groups in total. The predicted octanol–water partition coefficient (Wildman–Crippen LogP) is 5.92. The minimum absolute atomic E-state index is 0.0695. The summed E-state index contributed by atoms with van der Waals surface area (Å²) in [7, 11) is -4.32. The first-order valence-electron chi connectivity index (χ1n) is 13.4. The summed E-state index contributed by atoms with van der Waals surface area (Å²) in [5.41, 5.74) is 0.584. The molecule has 0 unspecified atom stereocenters. The fourth-order valence-electron chi connectivity index (χ4n) is 4.01. The monoisotopic (exact) mass is 637 g/mol. The zero-order chi connectivity index (χ0) is 31.0. The number of benzene rings is 3. The fraction of sp³-hybridized carbons (Fsp3) is 0.333. The summed E-state index contributed by atoms with van der Waals surface area (Å²) < 4.78 is 47.9. The van der Waals surface area contributed by atoms with E-state index in [0.717, 1.165) is 16.4 Å². The van der Waals surface area contributed by atoms with Gasteiger partial charge in [0.05, 0.1) is 17.2 Å². The minimum Gasteiger partial charge on any atom is -0.494 e. The van der Waals surface area contributed by atoms with Gasteiger partial charge in [-0.15, -0.1) is 0 Å². The highest BCUT2D eigenvalue weighted by molar-refractivity contribution is 7.92. The second-order valence-corrected chi connectivity index (χ2v) is 12.7. The SMILES string of the molecule is CCOc1ccc(S(=O)(=O)N(CC(=O)N(Cc2ccc(Cl)cc2Cl)[C@H](C)C(=O)NCC(C)C)c2ccc(F)cc2)cc1. The van der Waals surface area contributed by atoms with Crippen LogP contribution in [-0.4, -0.2) is 50.9 Å². The number of nitrogens with one attached hydrogen (secondary N) is 1. The normalized spacial score (nSPS) is 12.1. The molecule has 0 aliphatic heterocycles. The van der Waals surface area contributed by atoms with Gasteiger partial charge < -0.3 is 15.0 Å². The molecule has 0 bridgehead atoms. The predicted molar refractivity (Wildman–Crippen MR) is 163 cm³/mol. The van der Waals surface area contributed by atoms with E-state index in [1.165, 1.54) is 47.4 Å². The number of nitrogens with zero attached hydrogens (tertiary/aromatic N) is 2. The molecule has 8 nitrogen and oxygen atoms in total. The molecule has 0 saturated heterocycles. The molecule has 0 radical (unpaired) electrons. The first-order valence-corrected chi connectivity index (χ1v) is 15.5. The van der Waals surface area contributed by atoms with E-state index in [1.54, 1.807) is 26.0 Å². The lowest BCUT2D eigenvalue weighted by molar-refractivity contribution is -0.139. The molecule has 226 valence electrons. The molecule has 1 atom stereocenters. The van der Waals surface area contributed by atoms with Crippen molar-refractivity contribution in [3.8, 4) is 5.75 Å². The first kappa shape index (κ1) is 33.2. The van der Waals surface area contributed by atoms with Crippen LogP contribution in [0.2, 0.25) is 10.0 Å². The van der Waals surface area contributed by atoms with Crippen LogP contribution in [0.15, 0.2) is 71.6 Å². The van der Waals surface area contributed by atoms with Crippen LogP contribution in [0.1, 0.15) is 33.3 Å². The molecule has 0 aliphatic carbocycles. The molecule has 3 rings (SSSR count). The maximum absolute atomic E-state index is 14.0. The van der Waals surface area contributed by atoms with Crippen molar-refractivity contribution in [3.63, 3.8) is 0 Å². The third-order valence-electron chi connectivity index (χ3n) is 6.32. The van der Waals surface area contributed by atoms with E-state index in [2.05, 4.69) is 5.32 Å². The summed E-state index contributed by atoms with van der Waals surface area (Å²) in [5, 5.41) is 3.50. The number of ether oxygens (including phenoxy) is 1. The van der Waals surface area contributed by atoms with Crippen LogP contribution in [0.4, 0.5) is 10.1 Å². The van der Waals surface area contributed by atoms with E-state index < -0.39 is 40.2 Å². The number of amides is 2. The number of halogens is 3. The van der Waals surface area contributed by atoms with Crippen molar-refractivity contribution in [2.75, 3.05) is 24.0 Å². The topological polar surface area (TPSA) is 96.0 Å². The highest BCUT2D eigenvalue weighted by Crippen LogP contribution is 2.27. The Morgan fingerprint density at radius 3 is 2.19 bits per heavy atom.